The van der Waals surface area contributed by atoms with Crippen LogP contribution in [0.3, 0.4) is 0 Å². The first-order valence-corrected chi connectivity index (χ1v) is 7.51. The van der Waals surface area contributed by atoms with Gasteiger partial charge in [0, 0.05) is 6.54 Å². The average molecular weight is 331 g/mol. The summed E-state index contributed by atoms with van der Waals surface area (Å²) in [5.74, 6) is 0.247. The van der Waals surface area contributed by atoms with E-state index in [-0.39, 0.29) is 24.7 Å². The zero-order chi connectivity index (χ0) is 17.5. The number of alkyl carbamates (subject to hydrolysis) is 1. The molecule has 0 fully saturated rings. The third kappa shape index (κ3) is 4.94. The van der Waals surface area contributed by atoms with Crippen molar-refractivity contribution in [3.8, 4) is 0 Å². The van der Waals surface area contributed by atoms with E-state index in [2.05, 4.69) is 10.3 Å². The quantitative estimate of drug-likeness (QED) is 0.633. The van der Waals surface area contributed by atoms with E-state index in [1.54, 1.807) is 19.1 Å². The highest BCUT2D eigenvalue weighted by molar-refractivity contribution is 5.67. The van der Waals surface area contributed by atoms with Gasteiger partial charge in [0.2, 0.25) is 0 Å². The maximum atomic E-state index is 11.6. The first-order valence-electron chi connectivity index (χ1n) is 7.51. The second-order valence-corrected chi connectivity index (χ2v) is 5.39. The number of aryl methyl sites for hydroxylation is 1. The summed E-state index contributed by atoms with van der Waals surface area (Å²) in [5, 5.41) is 22.6. The molecular weight excluding hydrogens is 310 g/mol. The lowest BCUT2D eigenvalue weighted by Gasteiger charge is -2.19. The number of aromatic nitrogens is 1. The fourth-order valence-corrected chi connectivity index (χ4v) is 2.12. The molecule has 2 unspecified atom stereocenters. The predicted molar refractivity (Wildman–Crippen MR) is 89.0 cm³/mol. The number of nitrogens with one attached hydrogen (secondary N) is 1. The highest BCUT2D eigenvalue weighted by Gasteiger charge is 2.22. The molecular formula is C17H21N3O4. The van der Waals surface area contributed by atoms with Crippen LogP contribution in [0.1, 0.15) is 22.9 Å². The van der Waals surface area contributed by atoms with Crippen LogP contribution >= 0.6 is 0 Å². The largest absolute Gasteiger partial charge is 0.445 e. The zero-order valence-electron chi connectivity index (χ0n) is 13.3. The van der Waals surface area contributed by atoms with Gasteiger partial charge in [0.25, 0.3) is 0 Å². The van der Waals surface area contributed by atoms with Gasteiger partial charge in [-0.3, -0.25) is 0 Å². The summed E-state index contributed by atoms with van der Waals surface area (Å²) in [4.78, 5) is 15.7. The molecule has 128 valence electrons. The van der Waals surface area contributed by atoms with Crippen molar-refractivity contribution in [2.75, 3.05) is 12.3 Å². The van der Waals surface area contributed by atoms with Crippen LogP contribution in [0.2, 0.25) is 0 Å². The van der Waals surface area contributed by atoms with Gasteiger partial charge in [-0.2, -0.15) is 0 Å². The van der Waals surface area contributed by atoms with E-state index in [4.69, 9.17) is 10.5 Å². The first-order chi connectivity index (χ1) is 11.5. The van der Waals surface area contributed by atoms with Gasteiger partial charge in [-0.25, -0.2) is 9.78 Å². The Bertz CT molecular complexity index is 679. The number of nitrogens with zero attached hydrogens (tertiary/aromatic N) is 1. The van der Waals surface area contributed by atoms with Gasteiger partial charge >= 0.3 is 6.09 Å². The second-order valence-electron chi connectivity index (χ2n) is 5.39. The van der Waals surface area contributed by atoms with Crippen molar-refractivity contribution in [1.82, 2.24) is 10.3 Å². The minimum atomic E-state index is -1.26. The molecule has 0 bridgehead atoms. The van der Waals surface area contributed by atoms with Crippen LogP contribution in [0.25, 0.3) is 0 Å². The summed E-state index contributed by atoms with van der Waals surface area (Å²) >= 11 is 0. The van der Waals surface area contributed by atoms with E-state index < -0.39 is 18.3 Å². The number of pyridine rings is 1. The maximum absolute atomic E-state index is 11.6. The van der Waals surface area contributed by atoms with E-state index >= 15 is 0 Å². The lowest BCUT2D eigenvalue weighted by atomic mass is 10.1. The topological polar surface area (TPSA) is 118 Å². The van der Waals surface area contributed by atoms with Crippen molar-refractivity contribution in [1.29, 1.82) is 0 Å². The number of hydrogen-bond donors (Lipinski definition) is 4. The van der Waals surface area contributed by atoms with Crippen LogP contribution in [0.15, 0.2) is 42.5 Å². The molecule has 0 radical (unpaired) electrons. The van der Waals surface area contributed by atoms with Crippen molar-refractivity contribution in [2.45, 2.75) is 25.7 Å². The number of nitrogen functional groups attached to an aromatic ring is 1. The zero-order valence-corrected chi connectivity index (χ0v) is 13.3. The van der Waals surface area contributed by atoms with Gasteiger partial charge in [0.1, 0.15) is 24.6 Å². The predicted octanol–water partition coefficient (Wildman–Crippen LogP) is 1.29. The third-order valence-corrected chi connectivity index (χ3v) is 3.47. The second kappa shape index (κ2) is 8.28. The van der Waals surface area contributed by atoms with Gasteiger partial charge < -0.3 is 26.0 Å². The Hall–Kier alpha value is -2.64. The Labute approximate surface area is 140 Å². The van der Waals surface area contributed by atoms with E-state index in [9.17, 15) is 15.0 Å². The van der Waals surface area contributed by atoms with E-state index in [0.717, 1.165) is 5.56 Å². The highest BCUT2D eigenvalue weighted by atomic mass is 16.5. The van der Waals surface area contributed by atoms with Crippen LogP contribution in [-0.4, -0.2) is 33.9 Å². The molecule has 0 aliphatic carbocycles. The minimum Gasteiger partial charge on any atom is -0.445 e. The van der Waals surface area contributed by atoms with Crippen LogP contribution in [-0.2, 0) is 11.3 Å². The van der Waals surface area contributed by atoms with E-state index in [1.807, 2.05) is 30.3 Å². The lowest BCUT2D eigenvalue weighted by molar-refractivity contribution is 0.0156. The molecule has 1 aromatic carbocycles. The summed E-state index contributed by atoms with van der Waals surface area (Å²) in [6.45, 7) is 1.70. The molecule has 1 amide bonds. The summed E-state index contributed by atoms with van der Waals surface area (Å²) in [5.41, 5.74) is 7.42. The Morgan fingerprint density at radius 2 is 1.96 bits per heavy atom. The highest BCUT2D eigenvalue weighted by Crippen LogP contribution is 2.19. The lowest BCUT2D eigenvalue weighted by Crippen LogP contribution is -2.36. The van der Waals surface area contributed by atoms with Gasteiger partial charge in [0.05, 0.1) is 5.69 Å². The Balaban J connectivity index is 1.82. The molecule has 0 saturated heterocycles. The van der Waals surface area contributed by atoms with Crippen LogP contribution in [0, 0.1) is 6.92 Å². The molecule has 2 atom stereocenters. The molecule has 7 heteroatoms. The number of rotatable bonds is 6. The summed E-state index contributed by atoms with van der Waals surface area (Å²) in [6, 6.07) is 12.5. The molecule has 1 aromatic heterocycles. The smallest absolute Gasteiger partial charge is 0.407 e. The molecule has 0 aliphatic heterocycles. The van der Waals surface area contributed by atoms with Crippen molar-refractivity contribution >= 4 is 11.9 Å². The number of aliphatic hydroxyl groups is 2. The first kappa shape index (κ1) is 17.7. The average Bonchev–Trinajstić information content (AvgIpc) is 2.60. The van der Waals surface area contributed by atoms with E-state index in [1.165, 1.54) is 0 Å². The molecule has 7 nitrogen and oxygen atoms in total. The van der Waals surface area contributed by atoms with Crippen LogP contribution in [0.5, 0.6) is 0 Å². The number of carbonyl (C=O) groups excluding carboxylic acids is 1. The van der Waals surface area contributed by atoms with Crippen molar-refractivity contribution in [2.24, 2.45) is 0 Å². The normalized spacial score (nSPS) is 13.1. The Morgan fingerprint density at radius 1 is 1.25 bits per heavy atom. The number of amides is 1. The van der Waals surface area contributed by atoms with Gasteiger partial charge in [-0.05, 0) is 24.1 Å². The number of anilines is 1. The third-order valence-electron chi connectivity index (χ3n) is 3.47. The molecule has 24 heavy (non-hydrogen) atoms. The number of nitrogens with two attached hydrogens (primary N) is 1. The molecule has 0 spiro atoms. The number of hydrogen-bond acceptors (Lipinski definition) is 6. The summed E-state index contributed by atoms with van der Waals surface area (Å²) in [7, 11) is 0. The SMILES string of the molecule is Cc1ccc(N)nc1C(O)C(O)CNC(=O)OCc1ccccc1. The Morgan fingerprint density at radius 3 is 2.67 bits per heavy atom. The number of benzene rings is 1. The Kier molecular flexibility index (Phi) is 6.11. The summed E-state index contributed by atoms with van der Waals surface area (Å²) < 4.78 is 5.03. The fourth-order valence-electron chi connectivity index (χ4n) is 2.12. The van der Waals surface area contributed by atoms with Gasteiger partial charge in [-0.15, -0.1) is 0 Å². The van der Waals surface area contributed by atoms with Crippen molar-refractivity contribution in [3.63, 3.8) is 0 Å². The van der Waals surface area contributed by atoms with Crippen molar-refractivity contribution < 1.29 is 19.7 Å². The van der Waals surface area contributed by atoms with Gasteiger partial charge in [0.15, 0.2) is 0 Å². The maximum Gasteiger partial charge on any atom is 0.407 e. The van der Waals surface area contributed by atoms with E-state index in [0.29, 0.717) is 5.56 Å². The molecule has 2 aromatic rings. The molecule has 5 N–H and O–H groups in total. The molecule has 0 saturated carbocycles. The fraction of sp³-hybridized carbons (Fsp3) is 0.294. The van der Waals surface area contributed by atoms with Gasteiger partial charge in [-0.1, -0.05) is 36.4 Å². The number of aliphatic hydroxyl groups excluding tert-OH is 2. The van der Waals surface area contributed by atoms with Crippen molar-refractivity contribution in [3.05, 3.63) is 59.3 Å². The monoisotopic (exact) mass is 331 g/mol. The van der Waals surface area contributed by atoms with Crippen LogP contribution in [0.4, 0.5) is 10.6 Å². The molecule has 1 heterocycles. The minimum absolute atomic E-state index is 0.126. The standard InChI is InChI=1S/C17H21N3O4/c1-11-7-8-14(18)20-15(11)16(22)13(21)9-19-17(23)24-10-12-5-3-2-4-6-12/h2-8,13,16,21-22H,9-10H2,1H3,(H2,18,20)(H,19,23). The summed E-state index contributed by atoms with van der Waals surface area (Å²) in [6.07, 6.45) is -3.17. The number of ether oxygens (including phenoxy) is 1. The number of carbonyl (C=O) groups is 1. The molecule has 0 aliphatic rings. The van der Waals surface area contributed by atoms with Crippen LogP contribution < -0.4 is 11.1 Å². The molecule has 2 rings (SSSR count).